The van der Waals surface area contributed by atoms with Gasteiger partial charge in [0.2, 0.25) is 0 Å². The summed E-state index contributed by atoms with van der Waals surface area (Å²) in [6.45, 7) is 7.56. The van der Waals surface area contributed by atoms with E-state index in [1.54, 1.807) is 7.11 Å². The fourth-order valence-electron chi connectivity index (χ4n) is 2.70. The van der Waals surface area contributed by atoms with Gasteiger partial charge >= 0.3 is 0 Å². The molecule has 1 unspecified atom stereocenters. The lowest BCUT2D eigenvalue weighted by Gasteiger charge is -2.12. The van der Waals surface area contributed by atoms with E-state index < -0.39 is 0 Å². The van der Waals surface area contributed by atoms with Crippen molar-refractivity contribution in [3.05, 3.63) is 23.3 Å². The van der Waals surface area contributed by atoms with E-state index in [9.17, 15) is 0 Å². The average molecular weight is 277 g/mol. The molecule has 1 heterocycles. The summed E-state index contributed by atoms with van der Waals surface area (Å²) in [5.41, 5.74) is 2.55. The molecule has 20 heavy (non-hydrogen) atoms. The highest BCUT2D eigenvalue weighted by Gasteiger charge is 2.21. The van der Waals surface area contributed by atoms with E-state index in [4.69, 9.17) is 9.47 Å². The van der Waals surface area contributed by atoms with Crippen molar-refractivity contribution in [3.63, 3.8) is 0 Å². The molecule has 112 valence electrons. The van der Waals surface area contributed by atoms with Crippen LogP contribution in [0.1, 0.15) is 44.7 Å². The highest BCUT2D eigenvalue weighted by molar-refractivity contribution is 5.48. The van der Waals surface area contributed by atoms with E-state index in [2.05, 4.69) is 38.2 Å². The Hall–Kier alpha value is -1.22. The second kappa shape index (κ2) is 6.98. The van der Waals surface area contributed by atoms with Crippen molar-refractivity contribution in [3.8, 4) is 11.5 Å². The quantitative estimate of drug-likeness (QED) is 0.775. The number of nitrogens with one attached hydrogen (secondary N) is 1. The zero-order valence-electron chi connectivity index (χ0n) is 13.2. The van der Waals surface area contributed by atoms with Gasteiger partial charge in [0.15, 0.2) is 0 Å². The van der Waals surface area contributed by atoms with Crippen LogP contribution < -0.4 is 14.8 Å². The third-order valence-electron chi connectivity index (χ3n) is 3.72. The molecule has 1 aliphatic heterocycles. The topological polar surface area (TPSA) is 30.5 Å². The minimum absolute atomic E-state index is 0.292. The number of rotatable bonds is 7. The van der Waals surface area contributed by atoms with Gasteiger partial charge in [-0.2, -0.15) is 0 Å². The van der Waals surface area contributed by atoms with E-state index in [-0.39, 0.29) is 0 Å². The normalized spacial score (nSPS) is 17.1. The molecule has 3 nitrogen and oxygen atoms in total. The van der Waals surface area contributed by atoms with Crippen LogP contribution in [0.15, 0.2) is 12.1 Å². The van der Waals surface area contributed by atoms with Crippen LogP contribution in [-0.4, -0.2) is 25.8 Å². The highest BCUT2D eigenvalue weighted by atomic mass is 16.5. The number of ether oxygens (including phenoxy) is 2. The first-order chi connectivity index (χ1) is 9.60. The summed E-state index contributed by atoms with van der Waals surface area (Å²) in [4.78, 5) is 0. The van der Waals surface area contributed by atoms with E-state index >= 15 is 0 Å². The maximum absolute atomic E-state index is 5.84. The molecule has 0 aromatic heterocycles. The van der Waals surface area contributed by atoms with Crippen molar-refractivity contribution >= 4 is 0 Å². The van der Waals surface area contributed by atoms with Gasteiger partial charge < -0.3 is 14.8 Å². The Kier molecular flexibility index (Phi) is 5.30. The summed E-state index contributed by atoms with van der Waals surface area (Å²) in [5.74, 6) is 2.06. The molecular formula is C17H27NO2. The molecule has 0 amide bonds. The van der Waals surface area contributed by atoms with Gasteiger partial charge in [0.25, 0.3) is 0 Å². The van der Waals surface area contributed by atoms with Crippen LogP contribution in [0.4, 0.5) is 0 Å². The van der Waals surface area contributed by atoms with Gasteiger partial charge in [-0.25, -0.2) is 0 Å². The Labute approximate surface area is 122 Å². The molecule has 0 radical (unpaired) electrons. The first kappa shape index (κ1) is 15.2. The minimum atomic E-state index is 0.292. The van der Waals surface area contributed by atoms with Gasteiger partial charge in [0.05, 0.1) is 7.11 Å². The Balaban J connectivity index is 1.92. The van der Waals surface area contributed by atoms with Crippen LogP contribution in [0.3, 0.4) is 0 Å². The predicted octanol–water partition coefficient (Wildman–Crippen LogP) is 3.34. The smallest absolute Gasteiger partial charge is 0.123 e. The fourth-order valence-corrected chi connectivity index (χ4v) is 2.70. The minimum Gasteiger partial charge on any atom is -0.496 e. The summed E-state index contributed by atoms with van der Waals surface area (Å²) in [7, 11) is 1.75. The molecular weight excluding hydrogens is 250 g/mol. The summed E-state index contributed by atoms with van der Waals surface area (Å²) < 4.78 is 11.4. The molecule has 1 N–H and O–H groups in total. The Bertz CT molecular complexity index is 443. The van der Waals surface area contributed by atoms with Crippen LogP contribution in [-0.2, 0) is 12.8 Å². The van der Waals surface area contributed by atoms with Gasteiger partial charge in [-0.15, -0.1) is 0 Å². The first-order valence-corrected chi connectivity index (χ1v) is 7.70. The molecule has 1 aliphatic rings. The molecule has 1 aromatic carbocycles. The summed E-state index contributed by atoms with van der Waals surface area (Å²) in [6.07, 6.45) is 4.69. The monoisotopic (exact) mass is 277 g/mol. The molecule has 1 atom stereocenters. The van der Waals surface area contributed by atoms with Crippen LogP contribution >= 0.6 is 0 Å². The van der Waals surface area contributed by atoms with Crippen molar-refractivity contribution in [1.82, 2.24) is 5.32 Å². The SMILES string of the molecule is COc1cc2c(cc1CCCCNC(C)C)OC(C)C2. The number of methoxy groups -OCH3 is 1. The van der Waals surface area contributed by atoms with Crippen LogP contribution in [0.25, 0.3) is 0 Å². The zero-order chi connectivity index (χ0) is 14.5. The highest BCUT2D eigenvalue weighted by Crippen LogP contribution is 2.35. The summed E-state index contributed by atoms with van der Waals surface area (Å²) >= 11 is 0. The Morgan fingerprint density at radius 1 is 1.35 bits per heavy atom. The maximum Gasteiger partial charge on any atom is 0.123 e. The fraction of sp³-hybridized carbons (Fsp3) is 0.647. The van der Waals surface area contributed by atoms with Gasteiger partial charge in [-0.1, -0.05) is 13.8 Å². The van der Waals surface area contributed by atoms with Gasteiger partial charge in [0.1, 0.15) is 17.6 Å². The second-order valence-electron chi connectivity index (χ2n) is 5.97. The lowest BCUT2D eigenvalue weighted by atomic mass is 10.0. The van der Waals surface area contributed by atoms with Crippen molar-refractivity contribution in [1.29, 1.82) is 0 Å². The number of unbranched alkanes of at least 4 members (excludes halogenated alkanes) is 1. The predicted molar refractivity (Wildman–Crippen MR) is 82.9 cm³/mol. The van der Waals surface area contributed by atoms with Crippen LogP contribution in [0.5, 0.6) is 11.5 Å². The number of aryl methyl sites for hydroxylation is 1. The number of hydrogen-bond donors (Lipinski definition) is 1. The Morgan fingerprint density at radius 3 is 2.85 bits per heavy atom. The molecule has 0 aliphatic carbocycles. The zero-order valence-corrected chi connectivity index (χ0v) is 13.2. The molecule has 0 saturated carbocycles. The summed E-state index contributed by atoms with van der Waals surface area (Å²) in [5, 5.41) is 3.45. The first-order valence-electron chi connectivity index (χ1n) is 7.70. The lowest BCUT2D eigenvalue weighted by molar-refractivity contribution is 0.254. The molecule has 0 fully saturated rings. The molecule has 0 spiro atoms. The van der Waals surface area contributed by atoms with E-state index in [1.165, 1.54) is 24.0 Å². The maximum atomic E-state index is 5.84. The third kappa shape index (κ3) is 3.89. The van der Waals surface area contributed by atoms with Crippen molar-refractivity contribution in [2.45, 2.75) is 58.6 Å². The molecule has 3 heteroatoms. The summed E-state index contributed by atoms with van der Waals surface area (Å²) in [6, 6.07) is 4.90. The number of benzene rings is 1. The number of hydrogen-bond acceptors (Lipinski definition) is 3. The van der Waals surface area contributed by atoms with Gasteiger partial charge in [-0.05, 0) is 50.4 Å². The molecule has 0 bridgehead atoms. The van der Waals surface area contributed by atoms with Crippen molar-refractivity contribution in [2.24, 2.45) is 0 Å². The molecule has 1 aromatic rings. The van der Waals surface area contributed by atoms with E-state index in [0.717, 1.165) is 30.9 Å². The third-order valence-corrected chi connectivity index (χ3v) is 3.72. The van der Waals surface area contributed by atoms with Gasteiger partial charge in [0, 0.05) is 18.0 Å². The standard InChI is InChI=1S/C17H27NO2/c1-12(2)18-8-6-5-7-14-10-17-15(9-13(3)20-17)11-16(14)19-4/h10-13,18H,5-9H2,1-4H3. The van der Waals surface area contributed by atoms with Crippen LogP contribution in [0.2, 0.25) is 0 Å². The van der Waals surface area contributed by atoms with Gasteiger partial charge in [-0.3, -0.25) is 0 Å². The van der Waals surface area contributed by atoms with E-state index in [1.807, 2.05) is 0 Å². The molecule has 2 rings (SSSR count). The average Bonchev–Trinajstić information content (AvgIpc) is 2.76. The van der Waals surface area contributed by atoms with E-state index in [0.29, 0.717) is 12.1 Å². The van der Waals surface area contributed by atoms with Crippen molar-refractivity contribution < 1.29 is 9.47 Å². The second-order valence-corrected chi connectivity index (χ2v) is 5.97. The lowest BCUT2D eigenvalue weighted by Crippen LogP contribution is -2.23. The van der Waals surface area contributed by atoms with Crippen molar-refractivity contribution in [2.75, 3.05) is 13.7 Å². The van der Waals surface area contributed by atoms with Crippen LogP contribution in [0, 0.1) is 0 Å². The molecule has 0 saturated heterocycles. The number of fused-ring (bicyclic) bond motifs is 1. The largest absolute Gasteiger partial charge is 0.496 e. The Morgan fingerprint density at radius 2 is 2.15 bits per heavy atom.